The standard InChI is InChI=1S/C9H9F3N2O2/c1-13-7(9(10,11)12)5-2-3-14-6(4-5)8(15)16/h2-4,7,13H,1H3,(H,15,16). The molecule has 0 spiro atoms. The molecular formula is C9H9F3N2O2. The van der Waals surface area contributed by atoms with Gasteiger partial charge >= 0.3 is 12.1 Å². The summed E-state index contributed by atoms with van der Waals surface area (Å²) in [6, 6.07) is 0.131. The van der Waals surface area contributed by atoms with Crippen LogP contribution in [0.15, 0.2) is 18.3 Å². The van der Waals surface area contributed by atoms with Gasteiger partial charge in [-0.3, -0.25) is 0 Å². The predicted octanol–water partition coefficient (Wildman–Crippen LogP) is 1.60. The van der Waals surface area contributed by atoms with Crippen molar-refractivity contribution >= 4 is 5.97 Å². The fourth-order valence-electron chi connectivity index (χ4n) is 1.26. The highest BCUT2D eigenvalue weighted by atomic mass is 19.4. The van der Waals surface area contributed by atoms with E-state index in [-0.39, 0.29) is 5.56 Å². The summed E-state index contributed by atoms with van der Waals surface area (Å²) in [5.41, 5.74) is -0.593. The Morgan fingerprint density at radius 1 is 1.56 bits per heavy atom. The second-order valence-electron chi connectivity index (χ2n) is 3.04. The Balaban J connectivity index is 3.11. The smallest absolute Gasteiger partial charge is 0.407 e. The maximum atomic E-state index is 12.5. The van der Waals surface area contributed by atoms with Crippen LogP contribution in [-0.4, -0.2) is 29.3 Å². The van der Waals surface area contributed by atoms with E-state index in [4.69, 9.17) is 5.11 Å². The first-order valence-corrected chi connectivity index (χ1v) is 4.29. The molecule has 1 rings (SSSR count). The average Bonchev–Trinajstić information content (AvgIpc) is 2.17. The third-order valence-corrected chi connectivity index (χ3v) is 1.95. The maximum Gasteiger partial charge on any atom is 0.407 e. The lowest BCUT2D eigenvalue weighted by Crippen LogP contribution is -2.31. The minimum absolute atomic E-state index is 0.178. The second kappa shape index (κ2) is 4.48. The number of hydrogen-bond acceptors (Lipinski definition) is 3. The van der Waals surface area contributed by atoms with Gasteiger partial charge in [-0.25, -0.2) is 9.78 Å². The van der Waals surface area contributed by atoms with Gasteiger partial charge in [-0.1, -0.05) is 0 Å². The zero-order chi connectivity index (χ0) is 12.3. The number of aromatic carboxylic acids is 1. The first kappa shape index (κ1) is 12.4. The van der Waals surface area contributed by atoms with E-state index in [0.29, 0.717) is 0 Å². The Morgan fingerprint density at radius 2 is 2.19 bits per heavy atom. The first-order valence-electron chi connectivity index (χ1n) is 4.29. The number of hydrogen-bond donors (Lipinski definition) is 2. The Labute approximate surface area is 89.1 Å². The van der Waals surface area contributed by atoms with E-state index in [9.17, 15) is 18.0 Å². The van der Waals surface area contributed by atoms with E-state index < -0.39 is 23.9 Å². The van der Waals surface area contributed by atoms with Crippen molar-refractivity contribution in [3.8, 4) is 0 Å². The molecule has 7 heteroatoms. The lowest BCUT2D eigenvalue weighted by molar-refractivity contribution is -0.156. The summed E-state index contributed by atoms with van der Waals surface area (Å²) in [4.78, 5) is 14.0. The van der Waals surface area contributed by atoms with Crippen LogP contribution in [0, 0.1) is 0 Å². The summed E-state index contributed by atoms with van der Waals surface area (Å²) in [7, 11) is 1.15. The number of carbonyl (C=O) groups is 1. The largest absolute Gasteiger partial charge is 0.477 e. The van der Waals surface area contributed by atoms with Crippen molar-refractivity contribution in [2.75, 3.05) is 7.05 Å². The lowest BCUT2D eigenvalue weighted by atomic mass is 10.1. The van der Waals surface area contributed by atoms with Crippen LogP contribution in [0.4, 0.5) is 13.2 Å². The number of carboxylic acids is 1. The van der Waals surface area contributed by atoms with Crippen LogP contribution in [0.2, 0.25) is 0 Å². The van der Waals surface area contributed by atoms with E-state index in [2.05, 4.69) is 10.3 Å². The fourth-order valence-corrected chi connectivity index (χ4v) is 1.26. The van der Waals surface area contributed by atoms with Gasteiger partial charge < -0.3 is 10.4 Å². The summed E-state index contributed by atoms with van der Waals surface area (Å²) in [5, 5.41) is 10.7. The highest BCUT2D eigenvalue weighted by Crippen LogP contribution is 2.32. The third kappa shape index (κ3) is 2.69. The molecule has 0 aliphatic carbocycles. The Kier molecular flexibility index (Phi) is 3.48. The van der Waals surface area contributed by atoms with Crippen molar-refractivity contribution in [3.63, 3.8) is 0 Å². The molecule has 1 heterocycles. The highest BCUT2D eigenvalue weighted by molar-refractivity contribution is 5.85. The summed E-state index contributed by atoms with van der Waals surface area (Å²) in [5.74, 6) is -1.36. The molecule has 0 aliphatic rings. The van der Waals surface area contributed by atoms with Crippen molar-refractivity contribution in [1.29, 1.82) is 0 Å². The van der Waals surface area contributed by atoms with Gasteiger partial charge in [0.05, 0.1) is 0 Å². The number of nitrogens with zero attached hydrogens (tertiary/aromatic N) is 1. The molecule has 0 amide bonds. The van der Waals surface area contributed by atoms with Gasteiger partial charge in [0.25, 0.3) is 0 Å². The molecule has 88 valence electrons. The molecule has 0 aliphatic heterocycles. The number of halogens is 3. The predicted molar refractivity (Wildman–Crippen MR) is 49.1 cm³/mol. The molecular weight excluding hydrogens is 225 g/mol. The number of rotatable bonds is 3. The third-order valence-electron chi connectivity index (χ3n) is 1.95. The van der Waals surface area contributed by atoms with Crippen LogP contribution >= 0.6 is 0 Å². The summed E-state index contributed by atoms with van der Waals surface area (Å²) in [6.07, 6.45) is -3.44. The van der Waals surface area contributed by atoms with Gasteiger partial charge in [-0.2, -0.15) is 13.2 Å². The van der Waals surface area contributed by atoms with Crippen LogP contribution in [-0.2, 0) is 0 Å². The molecule has 16 heavy (non-hydrogen) atoms. The van der Waals surface area contributed by atoms with Crippen LogP contribution in [0.5, 0.6) is 0 Å². The number of aromatic nitrogens is 1. The average molecular weight is 234 g/mol. The zero-order valence-electron chi connectivity index (χ0n) is 8.25. The molecule has 1 unspecified atom stereocenters. The van der Waals surface area contributed by atoms with Crippen LogP contribution in [0.1, 0.15) is 22.1 Å². The van der Waals surface area contributed by atoms with Crippen LogP contribution in [0.25, 0.3) is 0 Å². The van der Waals surface area contributed by atoms with E-state index in [1.807, 2.05) is 0 Å². The molecule has 1 atom stereocenters. The van der Waals surface area contributed by atoms with Crippen molar-refractivity contribution < 1.29 is 23.1 Å². The van der Waals surface area contributed by atoms with Gasteiger partial charge in [0.15, 0.2) is 0 Å². The monoisotopic (exact) mass is 234 g/mol. The molecule has 1 aromatic rings. The SMILES string of the molecule is CNC(c1ccnc(C(=O)O)c1)C(F)(F)F. The highest BCUT2D eigenvalue weighted by Gasteiger charge is 2.39. The number of carboxylic acid groups (broad SMARTS) is 1. The summed E-state index contributed by atoms with van der Waals surface area (Å²) >= 11 is 0. The van der Waals surface area contributed by atoms with Crippen molar-refractivity contribution in [2.45, 2.75) is 12.2 Å². The summed E-state index contributed by atoms with van der Waals surface area (Å²) in [6.45, 7) is 0. The zero-order valence-corrected chi connectivity index (χ0v) is 8.25. The molecule has 1 aromatic heterocycles. The fraction of sp³-hybridized carbons (Fsp3) is 0.333. The molecule has 0 aromatic carbocycles. The van der Waals surface area contributed by atoms with E-state index >= 15 is 0 Å². The Hall–Kier alpha value is -1.63. The van der Waals surface area contributed by atoms with Crippen molar-refractivity contribution in [1.82, 2.24) is 10.3 Å². The normalized spacial score (nSPS) is 13.5. The van der Waals surface area contributed by atoms with Crippen molar-refractivity contribution in [2.24, 2.45) is 0 Å². The maximum absolute atomic E-state index is 12.5. The van der Waals surface area contributed by atoms with E-state index in [0.717, 1.165) is 25.4 Å². The quantitative estimate of drug-likeness (QED) is 0.833. The molecule has 0 fully saturated rings. The minimum Gasteiger partial charge on any atom is -0.477 e. The van der Waals surface area contributed by atoms with E-state index in [1.165, 1.54) is 0 Å². The van der Waals surface area contributed by atoms with Gasteiger partial charge in [-0.15, -0.1) is 0 Å². The molecule has 4 nitrogen and oxygen atoms in total. The number of nitrogens with one attached hydrogen (secondary N) is 1. The molecule has 0 radical (unpaired) electrons. The Bertz CT molecular complexity index is 393. The molecule has 2 N–H and O–H groups in total. The van der Waals surface area contributed by atoms with Gasteiger partial charge in [0.2, 0.25) is 0 Å². The van der Waals surface area contributed by atoms with Crippen molar-refractivity contribution in [3.05, 3.63) is 29.6 Å². The molecule has 0 saturated heterocycles. The number of pyridine rings is 1. The van der Waals surface area contributed by atoms with Gasteiger partial charge in [-0.05, 0) is 24.7 Å². The molecule has 0 bridgehead atoms. The van der Waals surface area contributed by atoms with E-state index in [1.54, 1.807) is 0 Å². The number of alkyl halides is 3. The van der Waals surface area contributed by atoms with Crippen LogP contribution in [0.3, 0.4) is 0 Å². The Morgan fingerprint density at radius 3 is 2.62 bits per heavy atom. The minimum atomic E-state index is -4.48. The van der Waals surface area contributed by atoms with Gasteiger partial charge in [0, 0.05) is 6.20 Å². The second-order valence-corrected chi connectivity index (χ2v) is 3.04. The lowest BCUT2D eigenvalue weighted by Gasteiger charge is -2.19. The van der Waals surface area contributed by atoms with Crippen LogP contribution < -0.4 is 5.32 Å². The topological polar surface area (TPSA) is 62.2 Å². The first-order chi connectivity index (χ1) is 7.36. The molecule has 0 saturated carbocycles. The van der Waals surface area contributed by atoms with Gasteiger partial charge in [0.1, 0.15) is 11.7 Å². The summed E-state index contributed by atoms with van der Waals surface area (Å²) < 4.78 is 37.5.